The van der Waals surface area contributed by atoms with Crippen LogP contribution in [0.3, 0.4) is 0 Å². The van der Waals surface area contributed by atoms with Crippen molar-refractivity contribution in [2.24, 2.45) is 0 Å². The Balaban J connectivity index is 1.82. The topological polar surface area (TPSA) is 59.4 Å². The number of carbonyl (C=O) groups is 1. The minimum absolute atomic E-state index is 0.0417. The van der Waals surface area contributed by atoms with E-state index in [0.717, 1.165) is 28.1 Å². The quantitative estimate of drug-likeness (QED) is 0.628. The normalized spacial score (nSPS) is 10.9. The van der Waals surface area contributed by atoms with Crippen LogP contribution in [0.5, 0.6) is 5.75 Å². The first-order valence-corrected chi connectivity index (χ1v) is 9.38. The van der Waals surface area contributed by atoms with Crippen molar-refractivity contribution in [3.63, 3.8) is 0 Å². The summed E-state index contributed by atoms with van der Waals surface area (Å²) in [6, 6.07) is 16.1. The number of carboxylic acids is 1. The van der Waals surface area contributed by atoms with E-state index in [1.54, 1.807) is 0 Å². The molecule has 1 heterocycles. The summed E-state index contributed by atoms with van der Waals surface area (Å²) in [4.78, 5) is 15.3. The summed E-state index contributed by atoms with van der Waals surface area (Å²) in [6.07, 6.45) is -0.0417. The first kappa shape index (κ1) is 18.1. The first-order chi connectivity index (χ1) is 12.5. The molecule has 0 amide bonds. The predicted octanol–water partition coefficient (Wildman–Crippen LogP) is 5.14. The molecule has 0 bridgehead atoms. The second kappa shape index (κ2) is 8.15. The van der Waals surface area contributed by atoms with Crippen molar-refractivity contribution < 1.29 is 14.6 Å². The van der Waals surface area contributed by atoms with Gasteiger partial charge < -0.3 is 9.84 Å². The summed E-state index contributed by atoms with van der Waals surface area (Å²) in [5.74, 6) is 0.310. The lowest BCUT2D eigenvalue weighted by Crippen LogP contribution is -2.01. The Morgan fingerprint density at radius 1 is 1.19 bits per heavy atom. The molecule has 3 rings (SSSR count). The zero-order chi connectivity index (χ0) is 18.5. The van der Waals surface area contributed by atoms with Crippen molar-refractivity contribution in [3.05, 3.63) is 70.0 Å². The van der Waals surface area contributed by atoms with Crippen LogP contribution in [0.25, 0.3) is 11.3 Å². The number of ether oxygens (including phenoxy) is 1. The zero-order valence-electron chi connectivity index (χ0n) is 14.8. The fraction of sp³-hybridized carbons (Fsp3) is 0.238. The number of rotatable bonds is 7. The van der Waals surface area contributed by atoms with Crippen molar-refractivity contribution in [2.45, 2.75) is 32.8 Å². The van der Waals surface area contributed by atoms with E-state index in [-0.39, 0.29) is 6.42 Å². The van der Waals surface area contributed by atoms with Crippen molar-refractivity contribution in [1.29, 1.82) is 0 Å². The molecule has 0 aliphatic rings. The molecule has 0 fully saturated rings. The average molecular weight is 367 g/mol. The number of benzene rings is 2. The van der Waals surface area contributed by atoms with E-state index in [2.05, 4.69) is 24.9 Å². The number of thiazole rings is 1. The van der Waals surface area contributed by atoms with Crippen molar-refractivity contribution in [2.75, 3.05) is 0 Å². The molecule has 2 aromatic carbocycles. The van der Waals surface area contributed by atoms with Gasteiger partial charge in [-0.3, -0.25) is 4.79 Å². The Morgan fingerprint density at radius 2 is 1.96 bits per heavy atom. The number of aliphatic carboxylic acids is 1. The van der Waals surface area contributed by atoms with Gasteiger partial charge in [-0.05, 0) is 35.2 Å². The molecule has 26 heavy (non-hydrogen) atoms. The van der Waals surface area contributed by atoms with Gasteiger partial charge in [0.1, 0.15) is 17.4 Å². The Bertz CT molecular complexity index is 887. The first-order valence-electron chi connectivity index (χ1n) is 8.50. The molecule has 3 aromatic rings. The van der Waals surface area contributed by atoms with Gasteiger partial charge in [-0.25, -0.2) is 4.98 Å². The monoisotopic (exact) mass is 367 g/mol. The summed E-state index contributed by atoms with van der Waals surface area (Å²) in [5.41, 5.74) is 4.03. The molecule has 5 heteroatoms. The maximum atomic E-state index is 10.8. The zero-order valence-corrected chi connectivity index (χ0v) is 15.6. The van der Waals surface area contributed by atoms with Crippen LogP contribution in [0.1, 0.15) is 35.9 Å². The maximum Gasteiger partial charge on any atom is 0.310 e. The van der Waals surface area contributed by atoms with E-state index in [4.69, 9.17) is 9.84 Å². The number of hydrogen-bond donors (Lipinski definition) is 1. The highest BCUT2D eigenvalue weighted by Gasteiger charge is 2.13. The molecule has 134 valence electrons. The van der Waals surface area contributed by atoms with Crippen LogP contribution in [0, 0.1) is 0 Å². The van der Waals surface area contributed by atoms with Crippen LogP contribution in [0.15, 0.2) is 53.9 Å². The maximum absolute atomic E-state index is 10.8. The average Bonchev–Trinajstić information content (AvgIpc) is 3.08. The summed E-state index contributed by atoms with van der Waals surface area (Å²) in [7, 11) is 0. The van der Waals surface area contributed by atoms with Gasteiger partial charge >= 0.3 is 5.97 Å². The van der Waals surface area contributed by atoms with E-state index >= 15 is 0 Å². The van der Waals surface area contributed by atoms with Crippen LogP contribution in [0.4, 0.5) is 0 Å². The van der Waals surface area contributed by atoms with E-state index in [1.165, 1.54) is 11.3 Å². The Hall–Kier alpha value is -2.66. The molecule has 0 spiro atoms. The SMILES string of the molecule is CC(C)c1cc(-c2csc(CC(=O)O)n2)ccc1OCc1ccccc1. The van der Waals surface area contributed by atoms with E-state index < -0.39 is 5.97 Å². The van der Waals surface area contributed by atoms with Gasteiger partial charge in [-0.2, -0.15) is 0 Å². The predicted molar refractivity (Wildman–Crippen MR) is 104 cm³/mol. The number of nitrogens with zero attached hydrogens (tertiary/aromatic N) is 1. The fourth-order valence-electron chi connectivity index (χ4n) is 2.68. The number of hydrogen-bond acceptors (Lipinski definition) is 4. The minimum atomic E-state index is -0.863. The van der Waals surface area contributed by atoms with E-state index in [0.29, 0.717) is 17.5 Å². The van der Waals surface area contributed by atoms with Crippen LogP contribution in [0.2, 0.25) is 0 Å². The van der Waals surface area contributed by atoms with Gasteiger partial charge in [0.2, 0.25) is 0 Å². The van der Waals surface area contributed by atoms with Gasteiger partial charge in [0.05, 0.1) is 12.1 Å². The Labute approximate surface area is 157 Å². The van der Waals surface area contributed by atoms with Crippen LogP contribution in [-0.4, -0.2) is 16.1 Å². The third-order valence-electron chi connectivity index (χ3n) is 4.02. The molecule has 1 N–H and O–H groups in total. The van der Waals surface area contributed by atoms with Crippen LogP contribution in [-0.2, 0) is 17.8 Å². The van der Waals surface area contributed by atoms with Gasteiger partial charge in [0, 0.05) is 10.9 Å². The highest BCUT2D eigenvalue weighted by Crippen LogP contribution is 2.32. The summed E-state index contributed by atoms with van der Waals surface area (Å²) in [5, 5.41) is 11.4. The highest BCUT2D eigenvalue weighted by molar-refractivity contribution is 7.10. The molecule has 0 saturated heterocycles. The summed E-state index contributed by atoms with van der Waals surface area (Å²) >= 11 is 1.38. The van der Waals surface area contributed by atoms with Gasteiger partial charge in [0.15, 0.2) is 0 Å². The molecule has 1 aromatic heterocycles. The molecule has 0 saturated carbocycles. The third kappa shape index (κ3) is 4.49. The Kier molecular flexibility index (Phi) is 5.68. The molecular formula is C21H21NO3S. The highest BCUT2D eigenvalue weighted by atomic mass is 32.1. The molecule has 0 aliphatic carbocycles. The van der Waals surface area contributed by atoms with Crippen LogP contribution >= 0.6 is 11.3 Å². The molecule has 0 radical (unpaired) electrons. The lowest BCUT2D eigenvalue weighted by molar-refractivity contribution is -0.136. The smallest absolute Gasteiger partial charge is 0.310 e. The molecular weight excluding hydrogens is 346 g/mol. The summed E-state index contributed by atoms with van der Waals surface area (Å²) in [6.45, 7) is 4.79. The van der Waals surface area contributed by atoms with Crippen LogP contribution < -0.4 is 4.74 Å². The molecule has 4 nitrogen and oxygen atoms in total. The number of aromatic nitrogens is 1. The largest absolute Gasteiger partial charge is 0.489 e. The lowest BCUT2D eigenvalue weighted by Gasteiger charge is -2.15. The van der Waals surface area contributed by atoms with E-state index in [9.17, 15) is 4.79 Å². The van der Waals surface area contributed by atoms with Gasteiger partial charge in [-0.1, -0.05) is 44.2 Å². The third-order valence-corrected chi connectivity index (χ3v) is 4.87. The Morgan fingerprint density at radius 3 is 2.65 bits per heavy atom. The molecule has 0 unspecified atom stereocenters. The number of carboxylic acid groups (broad SMARTS) is 1. The second-order valence-corrected chi connectivity index (χ2v) is 7.32. The van der Waals surface area contributed by atoms with Crippen molar-refractivity contribution >= 4 is 17.3 Å². The second-order valence-electron chi connectivity index (χ2n) is 6.38. The summed E-state index contributed by atoms with van der Waals surface area (Å²) < 4.78 is 6.04. The fourth-order valence-corrected chi connectivity index (χ4v) is 3.47. The van der Waals surface area contributed by atoms with Gasteiger partial charge in [0.25, 0.3) is 0 Å². The standard InChI is InChI=1S/C21H21NO3S/c1-14(2)17-10-16(18-13-26-20(22-18)11-21(23)24)8-9-19(17)25-12-15-6-4-3-5-7-15/h3-10,13-14H,11-12H2,1-2H3,(H,23,24). The minimum Gasteiger partial charge on any atom is -0.489 e. The molecule has 0 aliphatic heterocycles. The lowest BCUT2D eigenvalue weighted by atomic mass is 9.98. The van der Waals surface area contributed by atoms with E-state index in [1.807, 2.05) is 47.8 Å². The molecule has 0 atom stereocenters. The van der Waals surface area contributed by atoms with Crippen molar-refractivity contribution in [1.82, 2.24) is 4.98 Å². The van der Waals surface area contributed by atoms with Crippen molar-refractivity contribution in [3.8, 4) is 17.0 Å². The van der Waals surface area contributed by atoms with Gasteiger partial charge in [-0.15, -0.1) is 11.3 Å².